The smallest absolute Gasteiger partial charge is 0.410 e. The maximum Gasteiger partial charge on any atom is 0.410 e. The standard InChI is InChI=1S/C15H27N3O4/c1-15(2,3)22-14(21)18-9-7-6-8-11(18)13(20)16-10-12(19)17(4)5/h11H,6-10H2,1-5H3,(H,16,20)/t11-/m1/s1. The van der Waals surface area contributed by atoms with Crippen LogP contribution in [0.25, 0.3) is 0 Å². The lowest BCUT2D eigenvalue weighted by Crippen LogP contribution is -2.54. The average molecular weight is 313 g/mol. The van der Waals surface area contributed by atoms with Crippen LogP contribution in [0, 0.1) is 0 Å². The number of rotatable bonds is 3. The zero-order valence-electron chi connectivity index (χ0n) is 14.1. The lowest BCUT2D eigenvalue weighted by molar-refractivity contribution is -0.133. The van der Waals surface area contributed by atoms with E-state index in [1.807, 2.05) is 0 Å². The highest BCUT2D eigenvalue weighted by Crippen LogP contribution is 2.20. The van der Waals surface area contributed by atoms with Gasteiger partial charge in [0, 0.05) is 20.6 Å². The molecule has 0 aromatic carbocycles. The molecule has 0 aromatic heterocycles. The van der Waals surface area contributed by atoms with E-state index in [1.165, 1.54) is 9.80 Å². The summed E-state index contributed by atoms with van der Waals surface area (Å²) in [6, 6.07) is -0.571. The Balaban J connectivity index is 2.66. The van der Waals surface area contributed by atoms with Crippen LogP contribution in [0.4, 0.5) is 4.79 Å². The first-order valence-corrected chi connectivity index (χ1v) is 7.59. The fourth-order valence-corrected chi connectivity index (χ4v) is 2.18. The number of likely N-dealkylation sites (N-methyl/N-ethyl adjacent to an activating group) is 1. The number of hydrogen-bond acceptors (Lipinski definition) is 4. The second-order valence-electron chi connectivity index (χ2n) is 6.69. The third-order valence-corrected chi connectivity index (χ3v) is 3.35. The lowest BCUT2D eigenvalue weighted by Gasteiger charge is -2.35. The predicted octanol–water partition coefficient (Wildman–Crippen LogP) is 0.980. The topological polar surface area (TPSA) is 79.0 Å². The summed E-state index contributed by atoms with van der Waals surface area (Å²) in [5.41, 5.74) is -0.601. The van der Waals surface area contributed by atoms with E-state index in [1.54, 1.807) is 34.9 Å². The Hall–Kier alpha value is -1.79. The summed E-state index contributed by atoms with van der Waals surface area (Å²) in [5, 5.41) is 2.60. The van der Waals surface area contributed by atoms with Gasteiger partial charge in [-0.25, -0.2) is 4.79 Å². The van der Waals surface area contributed by atoms with Gasteiger partial charge in [0.2, 0.25) is 11.8 Å². The van der Waals surface area contributed by atoms with Crippen LogP contribution < -0.4 is 5.32 Å². The molecule has 0 radical (unpaired) electrons. The molecule has 0 unspecified atom stereocenters. The predicted molar refractivity (Wildman–Crippen MR) is 82.3 cm³/mol. The van der Waals surface area contributed by atoms with Crippen LogP contribution in [0.15, 0.2) is 0 Å². The number of amides is 3. The van der Waals surface area contributed by atoms with Crippen molar-refractivity contribution in [2.24, 2.45) is 0 Å². The molecule has 1 rings (SSSR count). The van der Waals surface area contributed by atoms with E-state index in [0.29, 0.717) is 13.0 Å². The van der Waals surface area contributed by atoms with Crippen LogP contribution in [-0.4, -0.2) is 66.5 Å². The molecule has 3 amide bonds. The summed E-state index contributed by atoms with van der Waals surface area (Å²) in [4.78, 5) is 38.9. The molecule has 7 heteroatoms. The Bertz CT molecular complexity index is 429. The van der Waals surface area contributed by atoms with Gasteiger partial charge >= 0.3 is 6.09 Å². The van der Waals surface area contributed by atoms with Crippen molar-refractivity contribution in [2.75, 3.05) is 27.2 Å². The summed E-state index contributed by atoms with van der Waals surface area (Å²) < 4.78 is 5.35. The molecule has 0 aromatic rings. The largest absolute Gasteiger partial charge is 0.444 e. The van der Waals surface area contributed by atoms with Crippen LogP contribution >= 0.6 is 0 Å². The van der Waals surface area contributed by atoms with Crippen LogP contribution in [0.5, 0.6) is 0 Å². The molecular formula is C15H27N3O4. The molecule has 0 aliphatic carbocycles. The summed E-state index contributed by atoms with van der Waals surface area (Å²) in [7, 11) is 3.25. The second kappa shape index (κ2) is 7.47. The van der Waals surface area contributed by atoms with Crippen molar-refractivity contribution in [3.8, 4) is 0 Å². The minimum Gasteiger partial charge on any atom is -0.444 e. The number of piperidine rings is 1. The van der Waals surface area contributed by atoms with Gasteiger partial charge in [-0.3, -0.25) is 14.5 Å². The first-order chi connectivity index (χ1) is 10.1. The Labute approximate surface area is 132 Å². The first-order valence-electron chi connectivity index (χ1n) is 7.59. The van der Waals surface area contributed by atoms with Crippen molar-refractivity contribution < 1.29 is 19.1 Å². The number of carbonyl (C=O) groups is 3. The number of nitrogens with one attached hydrogen (secondary N) is 1. The minimum absolute atomic E-state index is 0.0650. The van der Waals surface area contributed by atoms with Gasteiger partial charge in [-0.15, -0.1) is 0 Å². The van der Waals surface area contributed by atoms with Crippen molar-refractivity contribution in [3.63, 3.8) is 0 Å². The van der Waals surface area contributed by atoms with Gasteiger partial charge < -0.3 is 15.0 Å². The molecule has 1 aliphatic heterocycles. The first kappa shape index (κ1) is 18.3. The normalized spacial score (nSPS) is 18.6. The van der Waals surface area contributed by atoms with E-state index in [2.05, 4.69) is 5.32 Å². The number of hydrogen-bond donors (Lipinski definition) is 1. The summed E-state index contributed by atoms with van der Waals surface area (Å²) in [6.45, 7) is 5.80. The van der Waals surface area contributed by atoms with Gasteiger partial charge in [0.25, 0.3) is 0 Å². The zero-order valence-corrected chi connectivity index (χ0v) is 14.1. The van der Waals surface area contributed by atoms with Gasteiger partial charge in [-0.05, 0) is 40.0 Å². The lowest BCUT2D eigenvalue weighted by atomic mass is 10.0. The molecule has 7 nitrogen and oxygen atoms in total. The van der Waals surface area contributed by atoms with Crippen LogP contribution in [0.1, 0.15) is 40.0 Å². The van der Waals surface area contributed by atoms with Gasteiger partial charge in [0.1, 0.15) is 11.6 Å². The van der Waals surface area contributed by atoms with E-state index >= 15 is 0 Å². The van der Waals surface area contributed by atoms with Gasteiger partial charge in [-0.1, -0.05) is 0 Å². The molecule has 1 heterocycles. The van der Waals surface area contributed by atoms with Gasteiger partial charge in [0.15, 0.2) is 0 Å². The maximum absolute atomic E-state index is 12.3. The quantitative estimate of drug-likeness (QED) is 0.842. The Morgan fingerprint density at radius 3 is 2.41 bits per heavy atom. The van der Waals surface area contributed by atoms with Crippen LogP contribution in [-0.2, 0) is 14.3 Å². The monoisotopic (exact) mass is 313 g/mol. The fraction of sp³-hybridized carbons (Fsp3) is 0.800. The maximum atomic E-state index is 12.3. The van der Waals surface area contributed by atoms with E-state index in [4.69, 9.17) is 4.74 Å². The number of nitrogens with zero attached hydrogens (tertiary/aromatic N) is 2. The highest BCUT2D eigenvalue weighted by atomic mass is 16.6. The average Bonchev–Trinajstić information content (AvgIpc) is 2.42. The number of carbonyl (C=O) groups excluding carboxylic acids is 3. The van der Waals surface area contributed by atoms with E-state index in [0.717, 1.165) is 12.8 Å². The SMILES string of the molecule is CN(C)C(=O)CNC(=O)[C@H]1CCCCN1C(=O)OC(C)(C)C. The van der Waals surface area contributed by atoms with Gasteiger partial charge in [0.05, 0.1) is 6.54 Å². The van der Waals surface area contributed by atoms with Gasteiger partial charge in [-0.2, -0.15) is 0 Å². The molecule has 1 saturated heterocycles. The molecule has 126 valence electrons. The van der Waals surface area contributed by atoms with E-state index in [9.17, 15) is 14.4 Å². The summed E-state index contributed by atoms with van der Waals surface area (Å²) >= 11 is 0. The molecular weight excluding hydrogens is 286 g/mol. The van der Waals surface area contributed by atoms with Crippen LogP contribution in [0.3, 0.4) is 0 Å². The van der Waals surface area contributed by atoms with Crippen molar-refractivity contribution in [2.45, 2.75) is 51.7 Å². The summed E-state index contributed by atoms with van der Waals surface area (Å²) in [6.07, 6.45) is 1.83. The summed E-state index contributed by atoms with van der Waals surface area (Å²) in [5.74, 6) is -0.492. The molecule has 1 N–H and O–H groups in total. The Morgan fingerprint density at radius 2 is 1.86 bits per heavy atom. The van der Waals surface area contributed by atoms with Crippen molar-refractivity contribution in [1.82, 2.24) is 15.1 Å². The van der Waals surface area contributed by atoms with E-state index < -0.39 is 17.7 Å². The molecule has 0 spiro atoms. The molecule has 1 fully saturated rings. The third-order valence-electron chi connectivity index (χ3n) is 3.35. The minimum atomic E-state index is -0.601. The number of ether oxygens (including phenoxy) is 1. The molecule has 1 aliphatic rings. The fourth-order valence-electron chi connectivity index (χ4n) is 2.18. The highest BCUT2D eigenvalue weighted by Gasteiger charge is 2.34. The van der Waals surface area contributed by atoms with Crippen molar-refractivity contribution in [1.29, 1.82) is 0 Å². The molecule has 1 atom stereocenters. The van der Waals surface area contributed by atoms with Crippen LogP contribution in [0.2, 0.25) is 0 Å². The second-order valence-corrected chi connectivity index (χ2v) is 6.69. The van der Waals surface area contributed by atoms with Crippen molar-refractivity contribution in [3.05, 3.63) is 0 Å². The Morgan fingerprint density at radius 1 is 1.23 bits per heavy atom. The zero-order chi connectivity index (χ0) is 16.9. The third kappa shape index (κ3) is 5.54. The molecule has 0 bridgehead atoms. The highest BCUT2D eigenvalue weighted by molar-refractivity contribution is 5.89. The molecule has 0 saturated carbocycles. The van der Waals surface area contributed by atoms with E-state index in [-0.39, 0.29) is 18.4 Å². The van der Waals surface area contributed by atoms with Crippen molar-refractivity contribution >= 4 is 17.9 Å². The Kier molecular flexibility index (Phi) is 6.20. The number of likely N-dealkylation sites (tertiary alicyclic amines) is 1. The molecule has 22 heavy (non-hydrogen) atoms.